The molecule has 0 saturated heterocycles. The number of ether oxygens (including phenoxy) is 2. The molecule has 1 rings (SSSR count). The van der Waals surface area contributed by atoms with Gasteiger partial charge in [-0.05, 0) is 18.2 Å². The largest absolute Gasteiger partial charge is 0.497 e. The van der Waals surface area contributed by atoms with Gasteiger partial charge in [0.1, 0.15) is 17.1 Å². The van der Waals surface area contributed by atoms with Crippen molar-refractivity contribution in [2.24, 2.45) is 0 Å². The summed E-state index contributed by atoms with van der Waals surface area (Å²) in [6, 6.07) is 3.47. The molecule has 108 valence electrons. The molecule has 3 amide bonds. The minimum atomic E-state index is -1.22. The van der Waals surface area contributed by atoms with E-state index < -0.39 is 24.5 Å². The van der Waals surface area contributed by atoms with E-state index in [1.807, 2.05) is 5.32 Å². The normalized spacial score (nSPS) is 9.50. The number of methoxy groups -OCH3 is 1. The maximum Gasteiger partial charge on any atom is 0.339 e. The van der Waals surface area contributed by atoms with Crippen LogP contribution >= 0.6 is 0 Å². The average molecular weight is 282 g/mol. The van der Waals surface area contributed by atoms with Gasteiger partial charge in [0, 0.05) is 7.05 Å². The highest BCUT2D eigenvalue weighted by Gasteiger charge is 2.14. The van der Waals surface area contributed by atoms with Gasteiger partial charge in [0.2, 0.25) is 0 Å². The van der Waals surface area contributed by atoms with E-state index in [1.165, 1.54) is 32.4 Å². The predicted molar refractivity (Wildman–Crippen MR) is 68.0 cm³/mol. The van der Waals surface area contributed by atoms with Gasteiger partial charge in [0.25, 0.3) is 5.91 Å². The number of nitrogens with one attached hydrogen (secondary N) is 2. The minimum absolute atomic E-state index is 0.00496. The molecule has 8 nitrogen and oxygen atoms in total. The third-order valence-electron chi connectivity index (χ3n) is 2.26. The Morgan fingerprint density at radius 2 is 2.00 bits per heavy atom. The number of carboxylic acid groups (broad SMARTS) is 1. The van der Waals surface area contributed by atoms with Crippen molar-refractivity contribution >= 4 is 17.9 Å². The molecule has 0 aliphatic rings. The number of hydrogen-bond donors (Lipinski definition) is 3. The summed E-state index contributed by atoms with van der Waals surface area (Å²) >= 11 is 0. The van der Waals surface area contributed by atoms with Gasteiger partial charge in [-0.2, -0.15) is 0 Å². The standard InChI is InChI=1S/C12H14N2O6/c1-13-12(18)14-10(15)6-20-9-4-3-7(19-2)5-8(9)11(16)17/h3-5H,6H2,1-2H3,(H,16,17)(H2,13,14,15,18). The van der Waals surface area contributed by atoms with Crippen molar-refractivity contribution in [3.8, 4) is 11.5 Å². The number of amides is 3. The molecule has 0 aliphatic heterocycles. The van der Waals surface area contributed by atoms with Gasteiger partial charge in [0.15, 0.2) is 6.61 Å². The van der Waals surface area contributed by atoms with E-state index in [0.29, 0.717) is 5.75 Å². The van der Waals surface area contributed by atoms with E-state index in [9.17, 15) is 14.4 Å². The van der Waals surface area contributed by atoms with Crippen LogP contribution in [-0.2, 0) is 4.79 Å². The summed E-state index contributed by atoms with van der Waals surface area (Å²) in [7, 11) is 2.76. The van der Waals surface area contributed by atoms with Crippen LogP contribution in [0, 0.1) is 0 Å². The molecule has 0 spiro atoms. The first-order valence-corrected chi connectivity index (χ1v) is 5.53. The lowest BCUT2D eigenvalue weighted by Gasteiger charge is -2.10. The van der Waals surface area contributed by atoms with E-state index in [-0.39, 0.29) is 11.3 Å². The summed E-state index contributed by atoms with van der Waals surface area (Å²) in [6.45, 7) is -0.486. The Balaban J connectivity index is 2.75. The lowest BCUT2D eigenvalue weighted by Crippen LogP contribution is -2.40. The fraction of sp³-hybridized carbons (Fsp3) is 0.250. The first-order chi connectivity index (χ1) is 9.47. The number of imide groups is 1. The molecule has 1 aromatic rings. The molecule has 0 aliphatic carbocycles. The van der Waals surface area contributed by atoms with Crippen LogP contribution in [0.4, 0.5) is 4.79 Å². The van der Waals surface area contributed by atoms with Gasteiger partial charge in [0.05, 0.1) is 7.11 Å². The van der Waals surface area contributed by atoms with Crippen molar-refractivity contribution in [3.05, 3.63) is 23.8 Å². The summed E-state index contributed by atoms with van der Waals surface area (Å²) < 4.78 is 9.98. The molecule has 0 aromatic heterocycles. The number of benzene rings is 1. The lowest BCUT2D eigenvalue weighted by atomic mass is 10.2. The molecule has 0 unspecified atom stereocenters. The lowest BCUT2D eigenvalue weighted by molar-refractivity contribution is -0.122. The summed E-state index contributed by atoms with van der Waals surface area (Å²) in [5.41, 5.74) is -0.142. The zero-order chi connectivity index (χ0) is 15.1. The first kappa shape index (κ1) is 15.3. The molecule has 3 N–H and O–H groups in total. The summed E-state index contributed by atoms with van der Waals surface area (Å²) in [6.07, 6.45) is 0. The molecule has 20 heavy (non-hydrogen) atoms. The number of aromatic carboxylic acids is 1. The van der Waals surface area contributed by atoms with Crippen LogP contribution in [0.2, 0.25) is 0 Å². The summed E-state index contributed by atoms with van der Waals surface area (Å²) in [5.74, 6) is -1.56. The Morgan fingerprint density at radius 3 is 2.55 bits per heavy atom. The van der Waals surface area contributed by atoms with Gasteiger partial charge >= 0.3 is 12.0 Å². The predicted octanol–water partition coefficient (Wildman–Crippen LogP) is 0.228. The van der Waals surface area contributed by atoms with Crippen molar-refractivity contribution < 1.29 is 29.0 Å². The van der Waals surface area contributed by atoms with Crippen molar-refractivity contribution in [2.45, 2.75) is 0 Å². The molecule has 8 heteroatoms. The molecule has 1 aromatic carbocycles. The first-order valence-electron chi connectivity index (χ1n) is 5.53. The van der Waals surface area contributed by atoms with Crippen LogP contribution in [0.1, 0.15) is 10.4 Å². The molecule has 0 fully saturated rings. The Morgan fingerprint density at radius 1 is 1.30 bits per heavy atom. The van der Waals surface area contributed by atoms with Gasteiger partial charge in [-0.3, -0.25) is 10.1 Å². The fourth-order valence-corrected chi connectivity index (χ4v) is 1.30. The van der Waals surface area contributed by atoms with E-state index in [0.717, 1.165) is 0 Å². The summed E-state index contributed by atoms with van der Waals surface area (Å²) in [5, 5.41) is 13.2. The molecule has 0 saturated carbocycles. The second kappa shape index (κ2) is 6.98. The zero-order valence-electron chi connectivity index (χ0n) is 10.9. The van der Waals surface area contributed by atoms with Crippen LogP contribution in [0.25, 0.3) is 0 Å². The van der Waals surface area contributed by atoms with E-state index in [2.05, 4.69) is 5.32 Å². The topological polar surface area (TPSA) is 114 Å². The van der Waals surface area contributed by atoms with Crippen molar-refractivity contribution in [1.29, 1.82) is 0 Å². The van der Waals surface area contributed by atoms with Crippen molar-refractivity contribution in [2.75, 3.05) is 20.8 Å². The van der Waals surface area contributed by atoms with Gasteiger partial charge in [-0.15, -0.1) is 0 Å². The smallest absolute Gasteiger partial charge is 0.339 e. The highest BCUT2D eigenvalue weighted by molar-refractivity contribution is 5.95. The SMILES string of the molecule is CNC(=O)NC(=O)COc1ccc(OC)cc1C(=O)O. The summed E-state index contributed by atoms with van der Waals surface area (Å²) in [4.78, 5) is 33.3. The average Bonchev–Trinajstić information content (AvgIpc) is 2.44. The number of hydrogen-bond acceptors (Lipinski definition) is 5. The highest BCUT2D eigenvalue weighted by Crippen LogP contribution is 2.24. The molecular formula is C12H14N2O6. The number of rotatable bonds is 5. The third kappa shape index (κ3) is 4.16. The Kier molecular flexibility index (Phi) is 5.33. The molecule has 0 radical (unpaired) electrons. The van der Waals surface area contributed by atoms with Crippen molar-refractivity contribution in [3.63, 3.8) is 0 Å². The third-order valence-corrected chi connectivity index (χ3v) is 2.26. The van der Waals surface area contributed by atoms with E-state index in [4.69, 9.17) is 14.6 Å². The highest BCUT2D eigenvalue weighted by atomic mass is 16.5. The van der Waals surface area contributed by atoms with Crippen LogP contribution in [0.3, 0.4) is 0 Å². The van der Waals surface area contributed by atoms with Crippen molar-refractivity contribution in [1.82, 2.24) is 10.6 Å². The number of carbonyl (C=O) groups is 3. The Labute approximate surface area is 114 Å². The van der Waals surface area contributed by atoms with Crippen LogP contribution < -0.4 is 20.1 Å². The Hall–Kier alpha value is -2.77. The second-order valence-corrected chi connectivity index (χ2v) is 3.58. The Bertz CT molecular complexity index is 529. The van der Waals surface area contributed by atoms with Crippen LogP contribution in [0.15, 0.2) is 18.2 Å². The number of urea groups is 1. The second-order valence-electron chi connectivity index (χ2n) is 3.58. The van der Waals surface area contributed by atoms with E-state index in [1.54, 1.807) is 0 Å². The quantitative estimate of drug-likeness (QED) is 0.712. The number of carboxylic acids is 1. The van der Waals surface area contributed by atoms with Crippen LogP contribution in [-0.4, -0.2) is 43.8 Å². The van der Waals surface area contributed by atoms with Gasteiger partial charge in [-0.1, -0.05) is 0 Å². The molecule has 0 bridgehead atoms. The molecular weight excluding hydrogens is 268 g/mol. The minimum Gasteiger partial charge on any atom is -0.497 e. The fourth-order valence-electron chi connectivity index (χ4n) is 1.30. The van der Waals surface area contributed by atoms with Crippen LogP contribution in [0.5, 0.6) is 11.5 Å². The monoisotopic (exact) mass is 282 g/mol. The maximum absolute atomic E-state index is 11.3. The van der Waals surface area contributed by atoms with Gasteiger partial charge < -0.3 is 19.9 Å². The zero-order valence-corrected chi connectivity index (χ0v) is 10.9. The maximum atomic E-state index is 11.3. The molecule has 0 heterocycles. The van der Waals surface area contributed by atoms with E-state index >= 15 is 0 Å². The van der Waals surface area contributed by atoms with Gasteiger partial charge in [-0.25, -0.2) is 9.59 Å². The molecule has 0 atom stereocenters. The number of carbonyl (C=O) groups excluding carboxylic acids is 2.